The molecule has 1 amide bonds. The van der Waals surface area contributed by atoms with E-state index in [1.54, 1.807) is 13.2 Å². The first-order valence-corrected chi connectivity index (χ1v) is 11.1. The van der Waals surface area contributed by atoms with Gasteiger partial charge in [-0.05, 0) is 45.5 Å². The molecule has 0 radical (unpaired) electrons. The van der Waals surface area contributed by atoms with E-state index in [4.69, 9.17) is 15.6 Å². The minimum absolute atomic E-state index is 0.0356. The fourth-order valence-corrected chi connectivity index (χ4v) is 4.30. The fourth-order valence-electron chi connectivity index (χ4n) is 4.30. The highest BCUT2D eigenvalue weighted by Crippen LogP contribution is 2.33. The number of methoxy groups -OCH3 is 1. The van der Waals surface area contributed by atoms with Gasteiger partial charge in [0.25, 0.3) is 0 Å². The molecule has 3 aromatic rings. The molecule has 0 saturated carbocycles. The van der Waals surface area contributed by atoms with E-state index in [1.165, 1.54) is 6.33 Å². The monoisotopic (exact) mass is 449 g/mol. The number of benzene rings is 1. The van der Waals surface area contributed by atoms with Crippen molar-refractivity contribution in [3.63, 3.8) is 0 Å². The van der Waals surface area contributed by atoms with E-state index in [1.807, 2.05) is 59.8 Å². The van der Waals surface area contributed by atoms with Crippen LogP contribution in [-0.2, 0) is 11.3 Å². The summed E-state index contributed by atoms with van der Waals surface area (Å²) in [6.45, 7) is 4.01. The standard InChI is InChI=1S/C24H31N7O2/c1-16-9-10-17(13-19(16)33-4)22-21-23(25)26-15-27-24(21)31(28-22)14-18-7-5-12-30(18)20(32)8-6-11-29(2)3/h6,8-10,13,15,18H,5,7,11-12,14H2,1-4H3,(H2,25,26,27)/t18-/m1/s1. The van der Waals surface area contributed by atoms with Crippen LogP contribution in [0.2, 0.25) is 0 Å². The maximum atomic E-state index is 12.8. The number of rotatable bonds is 7. The molecule has 0 aliphatic carbocycles. The summed E-state index contributed by atoms with van der Waals surface area (Å²) in [5, 5.41) is 5.60. The number of anilines is 1. The molecule has 2 aromatic heterocycles. The van der Waals surface area contributed by atoms with Crippen LogP contribution in [0.1, 0.15) is 18.4 Å². The Kier molecular flexibility index (Phi) is 6.60. The Bertz CT molecular complexity index is 1190. The van der Waals surface area contributed by atoms with Gasteiger partial charge in [-0.15, -0.1) is 0 Å². The van der Waals surface area contributed by atoms with Gasteiger partial charge in [-0.1, -0.05) is 18.2 Å². The molecule has 1 atom stereocenters. The average molecular weight is 450 g/mol. The molecule has 2 N–H and O–H groups in total. The number of nitrogen functional groups attached to an aromatic ring is 1. The zero-order valence-electron chi connectivity index (χ0n) is 19.7. The van der Waals surface area contributed by atoms with Crippen molar-refractivity contribution >= 4 is 22.8 Å². The molecule has 1 saturated heterocycles. The van der Waals surface area contributed by atoms with Crippen LogP contribution >= 0.6 is 0 Å². The van der Waals surface area contributed by atoms with Crippen LogP contribution in [0.15, 0.2) is 36.7 Å². The third kappa shape index (κ3) is 4.68. The summed E-state index contributed by atoms with van der Waals surface area (Å²) < 4.78 is 7.36. The molecule has 1 aliphatic rings. The predicted octanol–water partition coefficient (Wildman–Crippen LogP) is 2.50. The lowest BCUT2D eigenvalue weighted by atomic mass is 10.1. The molecule has 1 aliphatic heterocycles. The van der Waals surface area contributed by atoms with Crippen LogP contribution in [0.25, 0.3) is 22.3 Å². The van der Waals surface area contributed by atoms with Crippen LogP contribution in [0.4, 0.5) is 5.82 Å². The second kappa shape index (κ2) is 9.58. The normalized spacial score (nSPS) is 16.4. The number of aryl methyl sites for hydroxylation is 1. The number of nitrogens with zero attached hydrogens (tertiary/aromatic N) is 6. The smallest absolute Gasteiger partial charge is 0.246 e. The van der Waals surface area contributed by atoms with Gasteiger partial charge in [-0.2, -0.15) is 5.10 Å². The second-order valence-corrected chi connectivity index (χ2v) is 8.66. The number of likely N-dealkylation sites (tertiary alicyclic amines) is 1. The Morgan fingerprint density at radius 1 is 1.33 bits per heavy atom. The van der Waals surface area contributed by atoms with Crippen LogP contribution < -0.4 is 10.5 Å². The molecule has 0 bridgehead atoms. The highest BCUT2D eigenvalue weighted by Gasteiger charge is 2.29. The van der Waals surface area contributed by atoms with Gasteiger partial charge in [0, 0.05) is 24.7 Å². The summed E-state index contributed by atoms with van der Waals surface area (Å²) in [5.74, 6) is 1.20. The minimum Gasteiger partial charge on any atom is -0.496 e. The number of nitrogens with two attached hydrogens (primary N) is 1. The Hall–Kier alpha value is -3.46. The van der Waals surface area contributed by atoms with E-state index in [2.05, 4.69) is 9.97 Å². The summed E-state index contributed by atoms with van der Waals surface area (Å²) >= 11 is 0. The van der Waals surface area contributed by atoms with E-state index in [0.717, 1.165) is 42.8 Å². The van der Waals surface area contributed by atoms with Crippen LogP contribution in [0.5, 0.6) is 5.75 Å². The third-order valence-electron chi connectivity index (χ3n) is 6.01. The fraction of sp³-hybridized carbons (Fsp3) is 0.417. The minimum atomic E-state index is 0.0356. The first kappa shape index (κ1) is 22.7. The summed E-state index contributed by atoms with van der Waals surface area (Å²) in [6.07, 6.45) is 6.91. The van der Waals surface area contributed by atoms with Gasteiger partial charge in [-0.25, -0.2) is 14.6 Å². The highest BCUT2D eigenvalue weighted by molar-refractivity contribution is 5.98. The van der Waals surface area contributed by atoms with Gasteiger partial charge in [0.2, 0.25) is 5.91 Å². The molecule has 3 heterocycles. The number of hydrogen-bond donors (Lipinski definition) is 1. The molecule has 1 aromatic carbocycles. The number of amides is 1. The van der Waals surface area contributed by atoms with Crippen molar-refractivity contribution in [1.82, 2.24) is 29.5 Å². The largest absolute Gasteiger partial charge is 0.496 e. The first-order valence-electron chi connectivity index (χ1n) is 11.1. The van der Waals surface area contributed by atoms with Gasteiger partial charge in [0.1, 0.15) is 23.6 Å². The van der Waals surface area contributed by atoms with E-state index in [9.17, 15) is 4.79 Å². The molecule has 1 fully saturated rings. The molecule has 9 nitrogen and oxygen atoms in total. The first-order chi connectivity index (χ1) is 15.9. The average Bonchev–Trinajstić information content (AvgIpc) is 3.40. The van der Waals surface area contributed by atoms with Crippen molar-refractivity contribution in [1.29, 1.82) is 0 Å². The van der Waals surface area contributed by atoms with E-state index >= 15 is 0 Å². The molecule has 0 spiro atoms. The van der Waals surface area contributed by atoms with E-state index < -0.39 is 0 Å². The van der Waals surface area contributed by atoms with Gasteiger partial charge in [-0.3, -0.25) is 4.79 Å². The molecule has 4 rings (SSSR count). The van der Waals surface area contributed by atoms with Crippen LogP contribution in [-0.4, -0.2) is 75.8 Å². The maximum absolute atomic E-state index is 12.8. The number of hydrogen-bond acceptors (Lipinski definition) is 7. The van der Waals surface area contributed by atoms with Crippen molar-refractivity contribution in [2.75, 3.05) is 40.0 Å². The van der Waals surface area contributed by atoms with Gasteiger partial charge >= 0.3 is 0 Å². The molecular weight excluding hydrogens is 418 g/mol. The number of likely N-dealkylation sites (N-methyl/N-ethyl adjacent to an activating group) is 1. The Morgan fingerprint density at radius 3 is 2.91 bits per heavy atom. The second-order valence-electron chi connectivity index (χ2n) is 8.66. The quantitative estimate of drug-likeness (QED) is 0.553. The molecule has 174 valence electrons. The van der Waals surface area contributed by atoms with Crippen LogP contribution in [0, 0.1) is 6.92 Å². The molecular formula is C24H31N7O2. The lowest BCUT2D eigenvalue weighted by Crippen LogP contribution is -2.37. The predicted molar refractivity (Wildman–Crippen MR) is 129 cm³/mol. The number of carbonyl (C=O) groups is 1. The molecule has 9 heteroatoms. The lowest BCUT2D eigenvalue weighted by molar-refractivity contribution is -0.127. The number of fused-ring (bicyclic) bond motifs is 1. The molecule has 0 unspecified atom stereocenters. The SMILES string of the molecule is COc1cc(-c2nn(C[C@H]3CCCN3C(=O)C=CCN(C)C)c3ncnc(N)c23)ccc1C. The number of carbonyl (C=O) groups excluding carboxylic acids is 1. The summed E-state index contributed by atoms with van der Waals surface area (Å²) in [5.41, 5.74) is 9.56. The lowest BCUT2D eigenvalue weighted by Gasteiger charge is -2.23. The van der Waals surface area contributed by atoms with Crippen molar-refractivity contribution in [2.24, 2.45) is 0 Å². The Balaban J connectivity index is 1.67. The van der Waals surface area contributed by atoms with Crippen molar-refractivity contribution in [2.45, 2.75) is 32.4 Å². The zero-order chi connectivity index (χ0) is 23.5. The summed E-state index contributed by atoms with van der Waals surface area (Å²) in [6, 6.07) is 5.99. The molecule has 33 heavy (non-hydrogen) atoms. The van der Waals surface area contributed by atoms with E-state index in [0.29, 0.717) is 29.1 Å². The van der Waals surface area contributed by atoms with Crippen molar-refractivity contribution in [3.8, 4) is 17.0 Å². The van der Waals surface area contributed by atoms with Gasteiger partial charge in [0.05, 0.1) is 25.1 Å². The third-order valence-corrected chi connectivity index (χ3v) is 6.01. The van der Waals surface area contributed by atoms with Crippen molar-refractivity contribution in [3.05, 3.63) is 42.2 Å². The van der Waals surface area contributed by atoms with Gasteiger partial charge in [0.15, 0.2) is 5.65 Å². The van der Waals surface area contributed by atoms with Crippen molar-refractivity contribution < 1.29 is 9.53 Å². The Labute approximate surface area is 193 Å². The number of aromatic nitrogens is 4. The van der Waals surface area contributed by atoms with Gasteiger partial charge < -0.3 is 20.3 Å². The van der Waals surface area contributed by atoms with Crippen LogP contribution in [0.3, 0.4) is 0 Å². The number of ether oxygens (including phenoxy) is 1. The van der Waals surface area contributed by atoms with E-state index in [-0.39, 0.29) is 11.9 Å². The highest BCUT2D eigenvalue weighted by atomic mass is 16.5. The Morgan fingerprint density at radius 2 is 2.15 bits per heavy atom. The maximum Gasteiger partial charge on any atom is 0.246 e. The topological polar surface area (TPSA) is 102 Å². The summed E-state index contributed by atoms with van der Waals surface area (Å²) in [7, 11) is 5.61. The summed E-state index contributed by atoms with van der Waals surface area (Å²) in [4.78, 5) is 25.4. The zero-order valence-corrected chi connectivity index (χ0v) is 19.7.